The summed E-state index contributed by atoms with van der Waals surface area (Å²) >= 11 is 0. The summed E-state index contributed by atoms with van der Waals surface area (Å²) in [5.41, 5.74) is 6.29. The monoisotopic (exact) mass is 189 g/mol. The zero-order valence-electron chi connectivity index (χ0n) is 8.15. The number of hydrogen-bond donors (Lipinski definition) is 1. The van der Waals surface area contributed by atoms with E-state index in [1.54, 1.807) is 0 Å². The molecule has 0 bridgehead atoms. The van der Waals surface area contributed by atoms with E-state index in [9.17, 15) is 4.79 Å². The van der Waals surface area contributed by atoms with Gasteiger partial charge in [-0.05, 0) is 18.4 Å². The molecule has 1 rings (SSSR count). The largest absolute Gasteiger partial charge is 0.370 e. The maximum absolute atomic E-state index is 10.4. The third-order valence-corrected chi connectivity index (χ3v) is 1.92. The second-order valence-corrected chi connectivity index (χ2v) is 3.17. The Hall–Kier alpha value is -1.57. The molecule has 0 aliphatic heterocycles. The SMILES string of the molecule is NC(=O)CCC=CCc1ccccc1. The summed E-state index contributed by atoms with van der Waals surface area (Å²) in [5.74, 6) is -0.241. The zero-order chi connectivity index (χ0) is 10.2. The van der Waals surface area contributed by atoms with Gasteiger partial charge in [0.25, 0.3) is 0 Å². The second-order valence-electron chi connectivity index (χ2n) is 3.17. The fraction of sp³-hybridized carbons (Fsp3) is 0.250. The molecule has 0 spiro atoms. The lowest BCUT2D eigenvalue weighted by Gasteiger charge is -1.94. The Labute approximate surface area is 84.4 Å². The molecule has 2 heteroatoms. The van der Waals surface area contributed by atoms with Crippen LogP contribution in [0.1, 0.15) is 18.4 Å². The number of carbonyl (C=O) groups excluding carboxylic acids is 1. The van der Waals surface area contributed by atoms with Crippen molar-refractivity contribution in [2.45, 2.75) is 19.3 Å². The molecule has 0 aliphatic rings. The van der Waals surface area contributed by atoms with Crippen molar-refractivity contribution in [1.29, 1.82) is 0 Å². The molecule has 0 aromatic heterocycles. The number of amides is 1. The van der Waals surface area contributed by atoms with Gasteiger partial charge in [-0.3, -0.25) is 4.79 Å². The molecule has 74 valence electrons. The van der Waals surface area contributed by atoms with Gasteiger partial charge in [0.05, 0.1) is 0 Å². The minimum Gasteiger partial charge on any atom is -0.370 e. The van der Waals surface area contributed by atoms with Crippen molar-refractivity contribution in [2.75, 3.05) is 0 Å². The highest BCUT2D eigenvalue weighted by Crippen LogP contribution is 2.00. The van der Waals surface area contributed by atoms with Gasteiger partial charge >= 0.3 is 0 Å². The number of allylic oxidation sites excluding steroid dienone is 2. The molecule has 14 heavy (non-hydrogen) atoms. The van der Waals surface area contributed by atoms with E-state index in [1.807, 2.05) is 24.3 Å². The number of nitrogens with two attached hydrogens (primary N) is 1. The fourth-order valence-corrected chi connectivity index (χ4v) is 1.18. The summed E-state index contributed by atoms with van der Waals surface area (Å²) in [6.07, 6.45) is 6.16. The van der Waals surface area contributed by atoms with Crippen molar-refractivity contribution in [2.24, 2.45) is 5.73 Å². The van der Waals surface area contributed by atoms with Crippen LogP contribution in [0.3, 0.4) is 0 Å². The first-order chi connectivity index (χ1) is 6.79. The third-order valence-electron chi connectivity index (χ3n) is 1.92. The first-order valence-electron chi connectivity index (χ1n) is 4.76. The first-order valence-corrected chi connectivity index (χ1v) is 4.76. The Morgan fingerprint density at radius 1 is 1.21 bits per heavy atom. The van der Waals surface area contributed by atoms with Crippen molar-refractivity contribution in [3.63, 3.8) is 0 Å². The van der Waals surface area contributed by atoms with E-state index >= 15 is 0 Å². The van der Waals surface area contributed by atoms with E-state index in [0.29, 0.717) is 6.42 Å². The van der Waals surface area contributed by atoms with Crippen LogP contribution in [0.25, 0.3) is 0 Å². The van der Waals surface area contributed by atoms with Crippen molar-refractivity contribution in [3.05, 3.63) is 48.0 Å². The Bertz CT molecular complexity index is 303. The van der Waals surface area contributed by atoms with E-state index < -0.39 is 0 Å². The summed E-state index contributed by atoms with van der Waals surface area (Å²) < 4.78 is 0. The summed E-state index contributed by atoms with van der Waals surface area (Å²) in [4.78, 5) is 10.4. The van der Waals surface area contributed by atoms with E-state index in [2.05, 4.69) is 18.2 Å². The highest BCUT2D eigenvalue weighted by Gasteiger charge is 1.89. The van der Waals surface area contributed by atoms with Gasteiger partial charge in [-0.2, -0.15) is 0 Å². The van der Waals surface area contributed by atoms with E-state index in [1.165, 1.54) is 5.56 Å². The topological polar surface area (TPSA) is 43.1 Å². The average Bonchev–Trinajstić information content (AvgIpc) is 2.18. The summed E-state index contributed by atoms with van der Waals surface area (Å²) in [6, 6.07) is 10.2. The Morgan fingerprint density at radius 3 is 2.57 bits per heavy atom. The maximum atomic E-state index is 10.4. The van der Waals surface area contributed by atoms with Crippen LogP contribution in [0.2, 0.25) is 0 Å². The predicted molar refractivity (Wildman–Crippen MR) is 57.7 cm³/mol. The van der Waals surface area contributed by atoms with Gasteiger partial charge in [0.2, 0.25) is 5.91 Å². The number of hydrogen-bond acceptors (Lipinski definition) is 1. The number of primary amides is 1. The molecule has 0 saturated carbocycles. The quantitative estimate of drug-likeness (QED) is 0.708. The van der Waals surface area contributed by atoms with Gasteiger partial charge in [0, 0.05) is 6.42 Å². The first kappa shape index (κ1) is 10.5. The normalized spacial score (nSPS) is 10.6. The molecule has 0 heterocycles. The van der Waals surface area contributed by atoms with Crippen LogP contribution >= 0.6 is 0 Å². The molecule has 0 saturated heterocycles. The van der Waals surface area contributed by atoms with Gasteiger partial charge in [-0.1, -0.05) is 42.5 Å². The minimum atomic E-state index is -0.241. The van der Waals surface area contributed by atoms with Crippen LogP contribution in [-0.2, 0) is 11.2 Å². The number of rotatable bonds is 5. The van der Waals surface area contributed by atoms with Crippen molar-refractivity contribution in [1.82, 2.24) is 0 Å². The molecule has 1 aromatic rings. The van der Waals surface area contributed by atoms with E-state index in [0.717, 1.165) is 12.8 Å². The standard InChI is InChI=1S/C12H15NO/c13-12(14)10-6-2-5-9-11-7-3-1-4-8-11/h1-5,7-8H,6,9-10H2,(H2,13,14). The predicted octanol–water partition coefficient (Wildman–Crippen LogP) is 2.05. The van der Waals surface area contributed by atoms with Gasteiger partial charge in [-0.25, -0.2) is 0 Å². The smallest absolute Gasteiger partial charge is 0.217 e. The average molecular weight is 189 g/mol. The van der Waals surface area contributed by atoms with Gasteiger partial charge in [0.1, 0.15) is 0 Å². The lowest BCUT2D eigenvalue weighted by atomic mass is 10.1. The van der Waals surface area contributed by atoms with Crippen LogP contribution < -0.4 is 5.73 Å². The summed E-state index contributed by atoms with van der Waals surface area (Å²) in [6.45, 7) is 0. The molecular weight excluding hydrogens is 174 g/mol. The Balaban J connectivity index is 2.24. The van der Waals surface area contributed by atoms with Gasteiger partial charge in [0.15, 0.2) is 0 Å². The molecule has 0 atom stereocenters. The summed E-state index contributed by atoms with van der Waals surface area (Å²) in [7, 11) is 0. The Kier molecular flexibility index (Phi) is 4.48. The lowest BCUT2D eigenvalue weighted by molar-refractivity contribution is -0.117. The molecule has 1 amide bonds. The third kappa shape index (κ3) is 4.45. The highest BCUT2D eigenvalue weighted by atomic mass is 16.1. The number of carbonyl (C=O) groups is 1. The van der Waals surface area contributed by atoms with Crippen LogP contribution in [-0.4, -0.2) is 5.91 Å². The zero-order valence-corrected chi connectivity index (χ0v) is 8.15. The van der Waals surface area contributed by atoms with Crippen LogP contribution in [0.5, 0.6) is 0 Å². The molecule has 2 N–H and O–H groups in total. The Morgan fingerprint density at radius 2 is 1.93 bits per heavy atom. The fourth-order valence-electron chi connectivity index (χ4n) is 1.18. The summed E-state index contributed by atoms with van der Waals surface area (Å²) in [5, 5.41) is 0. The molecule has 2 nitrogen and oxygen atoms in total. The maximum Gasteiger partial charge on any atom is 0.217 e. The molecule has 1 aromatic carbocycles. The van der Waals surface area contributed by atoms with Gasteiger partial charge in [-0.15, -0.1) is 0 Å². The number of benzene rings is 1. The molecule has 0 radical (unpaired) electrons. The second kappa shape index (κ2) is 5.97. The molecule has 0 aliphatic carbocycles. The van der Waals surface area contributed by atoms with Crippen LogP contribution in [0.4, 0.5) is 0 Å². The van der Waals surface area contributed by atoms with E-state index in [-0.39, 0.29) is 5.91 Å². The van der Waals surface area contributed by atoms with Crippen LogP contribution in [0, 0.1) is 0 Å². The van der Waals surface area contributed by atoms with Crippen molar-refractivity contribution < 1.29 is 4.79 Å². The highest BCUT2D eigenvalue weighted by molar-refractivity contribution is 5.73. The lowest BCUT2D eigenvalue weighted by Crippen LogP contribution is -2.08. The van der Waals surface area contributed by atoms with E-state index in [4.69, 9.17) is 5.73 Å². The minimum absolute atomic E-state index is 0.241. The van der Waals surface area contributed by atoms with Crippen LogP contribution in [0.15, 0.2) is 42.5 Å². The molecule has 0 unspecified atom stereocenters. The van der Waals surface area contributed by atoms with Gasteiger partial charge < -0.3 is 5.73 Å². The molecule has 0 fully saturated rings. The molecular formula is C12H15NO. The van der Waals surface area contributed by atoms with Crippen molar-refractivity contribution >= 4 is 5.91 Å². The van der Waals surface area contributed by atoms with Crippen molar-refractivity contribution in [3.8, 4) is 0 Å².